The lowest BCUT2D eigenvalue weighted by molar-refractivity contribution is -0.132. The summed E-state index contributed by atoms with van der Waals surface area (Å²) in [4.78, 5) is 18.8. The number of nitrogens with zero attached hydrogens (tertiary/aromatic N) is 4. The first-order valence-corrected chi connectivity index (χ1v) is 9.52. The average molecular weight is 359 g/mol. The fraction of sp³-hybridized carbons (Fsp3) is 0.526. The van der Waals surface area contributed by atoms with E-state index < -0.39 is 0 Å². The van der Waals surface area contributed by atoms with Gasteiger partial charge in [-0.3, -0.25) is 4.79 Å². The Balaban J connectivity index is 1.58. The van der Waals surface area contributed by atoms with Crippen molar-refractivity contribution in [2.75, 3.05) is 5.88 Å². The van der Waals surface area contributed by atoms with Crippen molar-refractivity contribution in [3.8, 4) is 0 Å². The molecule has 1 aliphatic carbocycles. The molecule has 1 atom stereocenters. The molecule has 0 N–H and O–H groups in total. The van der Waals surface area contributed by atoms with E-state index in [2.05, 4.69) is 29.1 Å². The molecular formula is C19H23ClN4O. The van der Waals surface area contributed by atoms with Gasteiger partial charge in [-0.25, -0.2) is 9.67 Å². The summed E-state index contributed by atoms with van der Waals surface area (Å²) in [5.41, 5.74) is 5.52. The second kappa shape index (κ2) is 6.79. The van der Waals surface area contributed by atoms with E-state index in [1.807, 2.05) is 9.58 Å². The lowest BCUT2D eigenvalue weighted by Gasteiger charge is -2.34. The summed E-state index contributed by atoms with van der Waals surface area (Å²) < 4.78 is 1.93. The molecule has 1 aliphatic heterocycles. The van der Waals surface area contributed by atoms with Crippen LogP contribution in [0.2, 0.25) is 0 Å². The molecule has 2 aliphatic rings. The first-order valence-electron chi connectivity index (χ1n) is 8.99. The van der Waals surface area contributed by atoms with E-state index in [-0.39, 0.29) is 17.8 Å². The maximum absolute atomic E-state index is 12.5. The molecule has 4 rings (SSSR count). The van der Waals surface area contributed by atoms with Gasteiger partial charge in [0.2, 0.25) is 5.91 Å². The van der Waals surface area contributed by atoms with E-state index in [1.54, 1.807) is 6.33 Å². The summed E-state index contributed by atoms with van der Waals surface area (Å²) in [7, 11) is 0. The van der Waals surface area contributed by atoms with Gasteiger partial charge in [0.05, 0.1) is 0 Å². The highest BCUT2D eigenvalue weighted by Crippen LogP contribution is 2.28. The molecule has 2 aromatic rings. The zero-order valence-electron chi connectivity index (χ0n) is 14.5. The molecule has 1 aromatic carbocycles. The van der Waals surface area contributed by atoms with Gasteiger partial charge in [-0.05, 0) is 54.9 Å². The Morgan fingerprint density at radius 1 is 1.40 bits per heavy atom. The van der Waals surface area contributed by atoms with Gasteiger partial charge in [-0.2, -0.15) is 5.10 Å². The number of hydrogen-bond acceptors (Lipinski definition) is 3. The molecule has 1 aromatic heterocycles. The number of aryl methyl sites for hydroxylation is 3. The summed E-state index contributed by atoms with van der Waals surface area (Å²) in [6.45, 7) is 3.61. The van der Waals surface area contributed by atoms with Gasteiger partial charge in [0.15, 0.2) is 0 Å². The monoisotopic (exact) mass is 358 g/mol. The minimum Gasteiger partial charge on any atom is -0.334 e. The van der Waals surface area contributed by atoms with Crippen LogP contribution in [-0.4, -0.2) is 37.5 Å². The van der Waals surface area contributed by atoms with Gasteiger partial charge in [0.1, 0.15) is 18.0 Å². The lowest BCUT2D eigenvalue weighted by atomic mass is 9.99. The second-order valence-electron chi connectivity index (χ2n) is 7.11. The quantitative estimate of drug-likeness (QED) is 0.789. The van der Waals surface area contributed by atoms with Crippen LogP contribution in [0.25, 0.3) is 0 Å². The molecule has 5 nitrogen and oxygen atoms in total. The molecule has 0 bridgehead atoms. The van der Waals surface area contributed by atoms with Gasteiger partial charge < -0.3 is 4.90 Å². The highest BCUT2D eigenvalue weighted by Gasteiger charge is 2.29. The van der Waals surface area contributed by atoms with E-state index in [9.17, 15) is 4.79 Å². The Hall–Kier alpha value is -1.88. The highest BCUT2D eigenvalue weighted by atomic mass is 35.5. The molecule has 1 unspecified atom stereocenters. The highest BCUT2D eigenvalue weighted by molar-refractivity contribution is 6.27. The standard InChI is InChI=1S/C19H23ClN4O/c1-13-7-14(8-15-3-2-4-17(13)15)11-23(19(25)10-20)16-5-6-24-18(9-16)21-12-22-24/h7-8,12,16H,2-6,9-11H2,1H3. The molecule has 6 heteroatoms. The van der Waals surface area contributed by atoms with Crippen LogP contribution in [0.15, 0.2) is 18.5 Å². The Bertz CT molecular complexity index is 801. The number of aromatic nitrogens is 3. The minimum absolute atomic E-state index is 0.00205. The van der Waals surface area contributed by atoms with Crippen molar-refractivity contribution < 1.29 is 4.79 Å². The van der Waals surface area contributed by atoms with Crippen molar-refractivity contribution in [3.05, 3.63) is 46.5 Å². The average Bonchev–Trinajstić information content (AvgIpc) is 3.27. The van der Waals surface area contributed by atoms with Crippen molar-refractivity contribution in [1.82, 2.24) is 19.7 Å². The zero-order valence-corrected chi connectivity index (χ0v) is 15.3. The summed E-state index contributed by atoms with van der Waals surface area (Å²) in [6.07, 6.45) is 6.80. The normalized spacial score (nSPS) is 18.7. The number of benzene rings is 1. The van der Waals surface area contributed by atoms with Crippen LogP contribution in [0.3, 0.4) is 0 Å². The van der Waals surface area contributed by atoms with Gasteiger partial charge in [0.25, 0.3) is 0 Å². The van der Waals surface area contributed by atoms with Crippen LogP contribution >= 0.6 is 11.6 Å². The number of halogens is 1. The number of amides is 1. The fourth-order valence-corrected chi connectivity index (χ4v) is 4.43. The van der Waals surface area contributed by atoms with Crippen molar-refractivity contribution >= 4 is 17.5 Å². The predicted octanol–water partition coefficient (Wildman–Crippen LogP) is 2.66. The van der Waals surface area contributed by atoms with Crippen LogP contribution in [0.1, 0.15) is 40.9 Å². The molecule has 132 valence electrons. The molecule has 0 saturated carbocycles. The van der Waals surface area contributed by atoms with Gasteiger partial charge in [-0.1, -0.05) is 12.1 Å². The fourth-order valence-electron chi connectivity index (χ4n) is 4.28. The maximum atomic E-state index is 12.5. The van der Waals surface area contributed by atoms with E-state index in [0.717, 1.165) is 31.6 Å². The van der Waals surface area contributed by atoms with Crippen LogP contribution in [0, 0.1) is 6.92 Å². The zero-order chi connectivity index (χ0) is 17.4. The topological polar surface area (TPSA) is 51.0 Å². The number of hydrogen-bond donors (Lipinski definition) is 0. The van der Waals surface area contributed by atoms with E-state index in [4.69, 9.17) is 11.6 Å². The Kier molecular flexibility index (Phi) is 4.50. The van der Waals surface area contributed by atoms with Crippen LogP contribution in [-0.2, 0) is 37.1 Å². The summed E-state index contributed by atoms with van der Waals surface area (Å²) in [6, 6.07) is 4.66. The van der Waals surface area contributed by atoms with Crippen molar-refractivity contribution in [1.29, 1.82) is 0 Å². The van der Waals surface area contributed by atoms with E-state index >= 15 is 0 Å². The SMILES string of the molecule is Cc1cc(CN(C(=O)CCl)C2CCn3ncnc3C2)cc2c1CCC2. The number of alkyl halides is 1. The number of carbonyl (C=O) groups excluding carboxylic acids is 1. The molecule has 25 heavy (non-hydrogen) atoms. The third kappa shape index (κ3) is 3.17. The van der Waals surface area contributed by atoms with Crippen molar-refractivity contribution in [2.24, 2.45) is 0 Å². The summed E-state index contributed by atoms with van der Waals surface area (Å²) in [5, 5.41) is 4.23. The largest absolute Gasteiger partial charge is 0.334 e. The van der Waals surface area contributed by atoms with Gasteiger partial charge in [0, 0.05) is 25.6 Å². The van der Waals surface area contributed by atoms with Gasteiger partial charge >= 0.3 is 0 Å². The summed E-state index contributed by atoms with van der Waals surface area (Å²) in [5.74, 6) is 0.971. The molecular weight excluding hydrogens is 336 g/mol. The first kappa shape index (κ1) is 16.6. The number of rotatable bonds is 4. The molecule has 0 saturated heterocycles. The third-order valence-corrected chi connectivity index (χ3v) is 5.74. The second-order valence-corrected chi connectivity index (χ2v) is 7.37. The molecule has 1 amide bonds. The van der Waals surface area contributed by atoms with Crippen LogP contribution < -0.4 is 0 Å². The first-order chi connectivity index (χ1) is 12.2. The third-order valence-electron chi connectivity index (χ3n) is 5.51. The van der Waals surface area contributed by atoms with Crippen molar-refractivity contribution in [3.63, 3.8) is 0 Å². The van der Waals surface area contributed by atoms with E-state index in [0.29, 0.717) is 6.54 Å². The Morgan fingerprint density at radius 2 is 2.28 bits per heavy atom. The smallest absolute Gasteiger partial charge is 0.238 e. The Morgan fingerprint density at radius 3 is 3.12 bits per heavy atom. The molecule has 0 fully saturated rings. The maximum Gasteiger partial charge on any atom is 0.238 e. The Labute approximate surface area is 153 Å². The molecule has 0 radical (unpaired) electrons. The predicted molar refractivity (Wildman–Crippen MR) is 96.6 cm³/mol. The number of fused-ring (bicyclic) bond motifs is 2. The summed E-state index contributed by atoms with van der Waals surface area (Å²) >= 11 is 5.91. The van der Waals surface area contributed by atoms with Crippen LogP contribution in [0.5, 0.6) is 0 Å². The van der Waals surface area contributed by atoms with E-state index in [1.165, 1.54) is 35.1 Å². The van der Waals surface area contributed by atoms with Crippen molar-refractivity contribution in [2.45, 2.75) is 58.2 Å². The van der Waals surface area contributed by atoms with Crippen LogP contribution in [0.4, 0.5) is 0 Å². The molecule has 2 heterocycles. The lowest BCUT2D eigenvalue weighted by Crippen LogP contribution is -2.44. The number of carbonyl (C=O) groups is 1. The van der Waals surface area contributed by atoms with Gasteiger partial charge in [-0.15, -0.1) is 11.6 Å². The minimum atomic E-state index is -0.00205. The molecule has 0 spiro atoms.